The monoisotopic (exact) mass is 392 g/mol. The summed E-state index contributed by atoms with van der Waals surface area (Å²) in [4.78, 5) is 11.6. The Morgan fingerprint density at radius 1 is 1.04 bits per heavy atom. The zero-order valence-corrected chi connectivity index (χ0v) is 15.3. The van der Waals surface area contributed by atoms with Crippen LogP contribution in [0.5, 0.6) is 17.2 Å². The van der Waals surface area contributed by atoms with Crippen LogP contribution in [-0.4, -0.2) is 13.2 Å². The molecule has 1 aliphatic rings. The highest BCUT2D eigenvalue weighted by Crippen LogP contribution is 2.39. The predicted octanol–water partition coefficient (Wildman–Crippen LogP) is 4.76. The lowest BCUT2D eigenvalue weighted by Crippen LogP contribution is -2.16. The second-order valence-electron chi connectivity index (χ2n) is 5.92. The molecule has 2 aromatic carbocycles. The molecule has 0 bridgehead atoms. The van der Waals surface area contributed by atoms with Crippen molar-refractivity contribution in [2.75, 3.05) is 13.2 Å². The van der Waals surface area contributed by atoms with Crippen LogP contribution in [0.3, 0.4) is 0 Å². The molecule has 0 radical (unpaired) electrons. The summed E-state index contributed by atoms with van der Waals surface area (Å²) in [5.74, 6) is 1.55. The lowest BCUT2D eigenvalue weighted by Gasteiger charge is -2.20. The number of fused-ring (bicyclic) bond motifs is 2. The Hall–Kier alpha value is -2.37. The maximum Gasteiger partial charge on any atom is 0.336 e. The van der Waals surface area contributed by atoms with Crippen molar-refractivity contribution in [2.24, 2.45) is 0 Å². The fraction of sp³-hybridized carbons (Fsp3) is 0.211. The van der Waals surface area contributed by atoms with E-state index in [1.807, 2.05) is 13.0 Å². The van der Waals surface area contributed by atoms with Gasteiger partial charge in [0.05, 0.1) is 10.0 Å². The lowest BCUT2D eigenvalue weighted by molar-refractivity contribution is 0.171. The van der Waals surface area contributed by atoms with Gasteiger partial charge in [0.15, 0.2) is 11.5 Å². The van der Waals surface area contributed by atoms with Gasteiger partial charge in [-0.05, 0) is 36.2 Å². The van der Waals surface area contributed by atoms with Crippen molar-refractivity contribution in [3.63, 3.8) is 0 Å². The number of rotatable bonds is 3. The van der Waals surface area contributed by atoms with Crippen molar-refractivity contribution < 1.29 is 18.6 Å². The summed E-state index contributed by atoms with van der Waals surface area (Å²) in [6.45, 7) is 2.99. The molecule has 134 valence electrons. The molecule has 0 atom stereocenters. The molecular weight excluding hydrogens is 379 g/mol. The number of hydrogen-bond acceptors (Lipinski definition) is 5. The summed E-state index contributed by atoms with van der Waals surface area (Å²) in [5.41, 5.74) is 1.61. The topological polar surface area (TPSA) is 57.9 Å². The maximum atomic E-state index is 11.6. The average Bonchev–Trinajstić information content (AvgIpc) is 2.61. The molecule has 2 heterocycles. The van der Waals surface area contributed by atoms with E-state index in [0.29, 0.717) is 46.1 Å². The molecule has 1 aromatic heterocycles. The Bertz CT molecular complexity index is 1060. The van der Waals surface area contributed by atoms with Gasteiger partial charge in [-0.1, -0.05) is 23.2 Å². The number of hydrogen-bond donors (Lipinski definition) is 0. The molecule has 0 amide bonds. The van der Waals surface area contributed by atoms with E-state index in [2.05, 4.69) is 0 Å². The molecule has 0 fully saturated rings. The van der Waals surface area contributed by atoms with Crippen molar-refractivity contribution in [3.05, 3.63) is 61.9 Å². The third kappa shape index (κ3) is 3.20. The van der Waals surface area contributed by atoms with Crippen LogP contribution < -0.4 is 19.8 Å². The smallest absolute Gasteiger partial charge is 0.336 e. The number of benzene rings is 2. The van der Waals surface area contributed by atoms with Gasteiger partial charge < -0.3 is 18.6 Å². The van der Waals surface area contributed by atoms with Gasteiger partial charge in [0.25, 0.3) is 0 Å². The lowest BCUT2D eigenvalue weighted by atomic mass is 10.1. The largest absolute Gasteiger partial charge is 0.487 e. The fourth-order valence-electron chi connectivity index (χ4n) is 2.84. The summed E-state index contributed by atoms with van der Waals surface area (Å²) in [7, 11) is 0. The van der Waals surface area contributed by atoms with Gasteiger partial charge in [0.2, 0.25) is 0 Å². The Morgan fingerprint density at radius 3 is 2.69 bits per heavy atom. The maximum absolute atomic E-state index is 11.6. The molecule has 0 unspecified atom stereocenters. The van der Waals surface area contributed by atoms with Crippen LogP contribution in [0.15, 0.2) is 39.5 Å². The van der Waals surface area contributed by atoms with Crippen molar-refractivity contribution in [3.8, 4) is 17.2 Å². The van der Waals surface area contributed by atoms with Gasteiger partial charge in [0, 0.05) is 17.5 Å². The minimum Gasteiger partial charge on any atom is -0.487 e. The summed E-state index contributed by atoms with van der Waals surface area (Å²) in [6, 6.07) is 8.34. The van der Waals surface area contributed by atoms with Crippen molar-refractivity contribution >= 4 is 34.2 Å². The first-order chi connectivity index (χ1) is 12.5. The van der Waals surface area contributed by atoms with Crippen molar-refractivity contribution in [1.82, 2.24) is 0 Å². The molecule has 0 N–H and O–H groups in total. The molecule has 0 saturated carbocycles. The van der Waals surface area contributed by atoms with Crippen LogP contribution in [0.1, 0.15) is 11.1 Å². The van der Waals surface area contributed by atoms with Gasteiger partial charge in [-0.25, -0.2) is 4.79 Å². The Labute approximate surface area is 159 Å². The quantitative estimate of drug-likeness (QED) is 0.601. The zero-order valence-electron chi connectivity index (χ0n) is 13.8. The minimum absolute atomic E-state index is 0.220. The minimum atomic E-state index is -0.415. The van der Waals surface area contributed by atoms with Gasteiger partial charge >= 0.3 is 5.63 Å². The second-order valence-corrected chi connectivity index (χ2v) is 6.73. The van der Waals surface area contributed by atoms with Crippen molar-refractivity contribution in [1.29, 1.82) is 0 Å². The Morgan fingerprint density at radius 2 is 1.85 bits per heavy atom. The summed E-state index contributed by atoms with van der Waals surface area (Å²) < 4.78 is 22.1. The van der Waals surface area contributed by atoms with Crippen LogP contribution >= 0.6 is 23.2 Å². The number of ether oxygens (including phenoxy) is 3. The van der Waals surface area contributed by atoms with E-state index in [-0.39, 0.29) is 6.61 Å². The van der Waals surface area contributed by atoms with E-state index in [9.17, 15) is 4.79 Å². The third-order valence-corrected chi connectivity index (χ3v) is 4.63. The fourth-order valence-corrected chi connectivity index (χ4v) is 3.35. The molecular formula is C19H14Cl2O5. The molecule has 7 heteroatoms. The Kier molecular flexibility index (Phi) is 4.42. The number of halogens is 2. The summed E-state index contributed by atoms with van der Waals surface area (Å²) in [6.07, 6.45) is 0. The molecule has 26 heavy (non-hydrogen) atoms. The standard InChI is InChI=1S/C19H14Cl2O5/c1-10-4-18(22)26-15-8-16(13(20)7-12(10)15)25-9-11-5-14(21)19-17(6-11)23-2-3-24-19/h4-8H,2-3,9H2,1H3. The summed E-state index contributed by atoms with van der Waals surface area (Å²) in [5, 5.41) is 1.66. The molecule has 4 rings (SSSR count). The van der Waals surface area contributed by atoms with E-state index >= 15 is 0 Å². The van der Waals surface area contributed by atoms with E-state index in [4.69, 9.17) is 41.8 Å². The SMILES string of the molecule is Cc1cc(=O)oc2cc(OCc3cc(Cl)c4c(c3)OCCO4)c(Cl)cc12. The highest BCUT2D eigenvalue weighted by atomic mass is 35.5. The van der Waals surface area contributed by atoms with Gasteiger partial charge in [-0.3, -0.25) is 0 Å². The van der Waals surface area contributed by atoms with Crippen LogP contribution in [-0.2, 0) is 6.61 Å². The third-order valence-electron chi connectivity index (χ3n) is 4.05. The first-order valence-electron chi connectivity index (χ1n) is 7.96. The predicted molar refractivity (Wildman–Crippen MR) is 99.0 cm³/mol. The van der Waals surface area contributed by atoms with E-state index in [1.165, 1.54) is 6.07 Å². The first kappa shape index (κ1) is 17.1. The van der Waals surface area contributed by atoms with Crippen molar-refractivity contribution in [2.45, 2.75) is 13.5 Å². The molecule has 0 aliphatic carbocycles. The number of aryl methyl sites for hydroxylation is 1. The van der Waals surface area contributed by atoms with E-state index in [1.54, 1.807) is 18.2 Å². The normalized spacial score (nSPS) is 13.0. The highest BCUT2D eigenvalue weighted by Gasteiger charge is 2.17. The van der Waals surface area contributed by atoms with E-state index in [0.717, 1.165) is 16.5 Å². The molecule has 0 spiro atoms. The van der Waals surface area contributed by atoms with Gasteiger partial charge in [0.1, 0.15) is 31.2 Å². The average molecular weight is 393 g/mol. The molecule has 3 aromatic rings. The second kappa shape index (κ2) is 6.74. The first-order valence-corrected chi connectivity index (χ1v) is 8.71. The Balaban J connectivity index is 1.63. The van der Waals surface area contributed by atoms with Gasteiger partial charge in [-0.2, -0.15) is 0 Å². The molecule has 0 saturated heterocycles. The highest BCUT2D eigenvalue weighted by molar-refractivity contribution is 6.33. The van der Waals surface area contributed by atoms with Crippen LogP contribution in [0.25, 0.3) is 11.0 Å². The molecule has 1 aliphatic heterocycles. The van der Waals surface area contributed by atoms with Crippen LogP contribution in [0, 0.1) is 6.92 Å². The van der Waals surface area contributed by atoms with Crippen LogP contribution in [0.4, 0.5) is 0 Å². The summed E-state index contributed by atoms with van der Waals surface area (Å²) >= 11 is 12.5. The van der Waals surface area contributed by atoms with Gasteiger partial charge in [-0.15, -0.1) is 0 Å². The van der Waals surface area contributed by atoms with E-state index < -0.39 is 5.63 Å². The van der Waals surface area contributed by atoms with Crippen LogP contribution in [0.2, 0.25) is 10.0 Å². The zero-order chi connectivity index (χ0) is 18.3. The molecule has 5 nitrogen and oxygen atoms in total.